The molecule has 0 aromatic heterocycles. The largest absolute Gasteiger partial charge is 0.329 e. The van der Waals surface area contributed by atoms with Crippen LogP contribution in [0.5, 0.6) is 0 Å². The molecule has 2 N–H and O–H groups in total. The molecule has 0 aromatic rings. The number of rotatable bonds is 2. The van der Waals surface area contributed by atoms with Crippen LogP contribution in [0.2, 0.25) is 0 Å². The van der Waals surface area contributed by atoms with E-state index in [9.17, 15) is 0 Å². The van der Waals surface area contributed by atoms with Gasteiger partial charge in [0.1, 0.15) is 0 Å². The fraction of sp³-hybridized carbons (Fsp3) is 1.00. The molecule has 0 spiro atoms. The molecule has 0 aromatic carbocycles. The highest BCUT2D eigenvalue weighted by Crippen LogP contribution is 2.30. The monoisotopic (exact) mass is 211 g/mol. The van der Waals surface area contributed by atoms with Crippen LogP contribution in [0.4, 0.5) is 0 Å². The first kappa shape index (κ1) is 11.4. The first-order chi connectivity index (χ1) is 7.04. The van der Waals surface area contributed by atoms with Crippen LogP contribution < -0.4 is 5.73 Å². The van der Waals surface area contributed by atoms with Crippen LogP contribution in [0.3, 0.4) is 0 Å². The van der Waals surface area contributed by atoms with E-state index in [4.69, 9.17) is 5.73 Å². The van der Waals surface area contributed by atoms with Gasteiger partial charge in [-0.25, -0.2) is 0 Å². The van der Waals surface area contributed by atoms with Gasteiger partial charge in [-0.2, -0.15) is 0 Å². The Bertz CT molecular complexity index is 227. The van der Waals surface area contributed by atoms with E-state index in [0.717, 1.165) is 18.6 Å². The molecule has 88 valence electrons. The summed E-state index contributed by atoms with van der Waals surface area (Å²) in [6.45, 7) is 7.72. The van der Waals surface area contributed by atoms with E-state index in [1.807, 2.05) is 0 Å². The Morgan fingerprint density at radius 3 is 2.53 bits per heavy atom. The summed E-state index contributed by atoms with van der Waals surface area (Å²) < 4.78 is 0. The van der Waals surface area contributed by atoms with Gasteiger partial charge >= 0.3 is 0 Å². The zero-order valence-corrected chi connectivity index (χ0v) is 10.4. The first-order valence-corrected chi connectivity index (χ1v) is 6.21. The molecule has 2 aliphatic rings. The van der Waals surface area contributed by atoms with E-state index < -0.39 is 0 Å². The maximum Gasteiger partial charge on any atom is 0.0276 e. The van der Waals surface area contributed by atoms with Crippen LogP contribution in [0.1, 0.15) is 33.1 Å². The van der Waals surface area contributed by atoms with Crippen LogP contribution >= 0.6 is 0 Å². The summed E-state index contributed by atoms with van der Waals surface area (Å²) in [5.74, 6) is 0. The third-order valence-electron chi connectivity index (χ3n) is 4.50. The average molecular weight is 211 g/mol. The second-order valence-corrected chi connectivity index (χ2v) is 5.80. The van der Waals surface area contributed by atoms with Gasteiger partial charge in [-0.05, 0) is 40.2 Å². The summed E-state index contributed by atoms with van der Waals surface area (Å²) in [5, 5.41) is 0. The van der Waals surface area contributed by atoms with Gasteiger partial charge in [0.15, 0.2) is 0 Å². The lowest BCUT2D eigenvalue weighted by atomic mass is 9.99. The molecule has 2 fully saturated rings. The number of likely N-dealkylation sites (tertiary alicyclic amines) is 1. The van der Waals surface area contributed by atoms with E-state index in [1.54, 1.807) is 0 Å². The molecule has 2 aliphatic heterocycles. The minimum atomic E-state index is 0.172. The van der Waals surface area contributed by atoms with Crippen molar-refractivity contribution in [2.75, 3.05) is 26.7 Å². The van der Waals surface area contributed by atoms with Gasteiger partial charge in [0.05, 0.1) is 0 Å². The van der Waals surface area contributed by atoms with Crippen molar-refractivity contribution >= 4 is 0 Å². The molecule has 2 atom stereocenters. The van der Waals surface area contributed by atoms with Crippen molar-refractivity contribution in [2.45, 2.75) is 50.7 Å². The van der Waals surface area contributed by atoms with Crippen molar-refractivity contribution in [3.05, 3.63) is 0 Å². The molecule has 2 bridgehead atoms. The Labute approximate surface area is 93.6 Å². The maximum absolute atomic E-state index is 5.87. The summed E-state index contributed by atoms with van der Waals surface area (Å²) in [7, 11) is 2.29. The average Bonchev–Trinajstić information content (AvgIpc) is 2.40. The summed E-state index contributed by atoms with van der Waals surface area (Å²) in [6.07, 6.45) is 4.09. The summed E-state index contributed by atoms with van der Waals surface area (Å²) in [6, 6.07) is 1.59. The zero-order valence-electron chi connectivity index (χ0n) is 10.4. The van der Waals surface area contributed by atoms with Gasteiger partial charge in [0.25, 0.3) is 0 Å². The Morgan fingerprint density at radius 1 is 1.20 bits per heavy atom. The van der Waals surface area contributed by atoms with Crippen LogP contribution in [-0.2, 0) is 0 Å². The lowest BCUT2D eigenvalue weighted by molar-refractivity contribution is 0.112. The minimum absolute atomic E-state index is 0.172. The fourth-order valence-corrected chi connectivity index (χ4v) is 2.99. The number of hydrogen-bond acceptors (Lipinski definition) is 3. The predicted octanol–water partition coefficient (Wildman–Crippen LogP) is 0.892. The molecule has 2 rings (SSSR count). The smallest absolute Gasteiger partial charge is 0.0276 e. The number of fused-ring (bicyclic) bond motifs is 2. The molecule has 0 aliphatic carbocycles. The van der Waals surface area contributed by atoms with Crippen molar-refractivity contribution in [3.8, 4) is 0 Å². The topological polar surface area (TPSA) is 32.5 Å². The Balaban J connectivity index is 2.06. The van der Waals surface area contributed by atoms with Crippen LogP contribution in [0.15, 0.2) is 0 Å². The third kappa shape index (κ3) is 2.05. The SMILES string of the molecule is CN1C2CCC1CN(C(C)(C)CN)CC2. The quantitative estimate of drug-likeness (QED) is 0.736. The van der Waals surface area contributed by atoms with Gasteiger partial charge in [0.2, 0.25) is 0 Å². The third-order valence-corrected chi connectivity index (χ3v) is 4.50. The van der Waals surface area contributed by atoms with Gasteiger partial charge in [-0.3, -0.25) is 9.80 Å². The van der Waals surface area contributed by atoms with Gasteiger partial charge in [0, 0.05) is 37.3 Å². The van der Waals surface area contributed by atoms with E-state index in [-0.39, 0.29) is 5.54 Å². The van der Waals surface area contributed by atoms with Crippen molar-refractivity contribution in [1.82, 2.24) is 9.80 Å². The van der Waals surface area contributed by atoms with Gasteiger partial charge in [-0.1, -0.05) is 0 Å². The molecule has 2 saturated heterocycles. The molecule has 3 nitrogen and oxygen atoms in total. The molecule has 2 heterocycles. The van der Waals surface area contributed by atoms with E-state index in [0.29, 0.717) is 0 Å². The van der Waals surface area contributed by atoms with Gasteiger partial charge < -0.3 is 5.73 Å². The molecule has 3 heteroatoms. The molecule has 15 heavy (non-hydrogen) atoms. The Hall–Kier alpha value is -0.120. The second kappa shape index (κ2) is 4.04. The van der Waals surface area contributed by atoms with E-state index in [2.05, 4.69) is 30.7 Å². The van der Waals surface area contributed by atoms with E-state index >= 15 is 0 Å². The molecule has 0 amide bonds. The molecule has 2 unspecified atom stereocenters. The Kier molecular flexibility index (Phi) is 3.06. The van der Waals surface area contributed by atoms with Crippen molar-refractivity contribution in [3.63, 3.8) is 0 Å². The van der Waals surface area contributed by atoms with Crippen molar-refractivity contribution in [1.29, 1.82) is 0 Å². The van der Waals surface area contributed by atoms with Crippen LogP contribution in [0, 0.1) is 0 Å². The van der Waals surface area contributed by atoms with Crippen molar-refractivity contribution < 1.29 is 0 Å². The number of nitrogens with zero attached hydrogens (tertiary/aromatic N) is 2. The van der Waals surface area contributed by atoms with Gasteiger partial charge in [-0.15, -0.1) is 0 Å². The van der Waals surface area contributed by atoms with Crippen LogP contribution in [0.25, 0.3) is 0 Å². The predicted molar refractivity (Wildman–Crippen MR) is 63.9 cm³/mol. The summed E-state index contributed by atoms with van der Waals surface area (Å²) >= 11 is 0. The van der Waals surface area contributed by atoms with Crippen molar-refractivity contribution in [2.24, 2.45) is 5.73 Å². The lowest BCUT2D eigenvalue weighted by Crippen LogP contribution is -2.52. The molecule has 0 radical (unpaired) electrons. The highest BCUT2D eigenvalue weighted by molar-refractivity contribution is 4.95. The first-order valence-electron chi connectivity index (χ1n) is 6.21. The van der Waals surface area contributed by atoms with E-state index in [1.165, 1.54) is 32.4 Å². The molecular formula is C12H25N3. The molecule has 0 saturated carbocycles. The highest BCUT2D eigenvalue weighted by atomic mass is 15.3. The maximum atomic E-state index is 5.87. The fourth-order valence-electron chi connectivity index (χ4n) is 2.99. The summed E-state index contributed by atoms with van der Waals surface area (Å²) in [5.41, 5.74) is 6.04. The number of likely N-dealkylation sites (N-methyl/N-ethyl adjacent to an activating group) is 1. The number of hydrogen-bond donors (Lipinski definition) is 1. The zero-order chi connectivity index (χ0) is 11.1. The number of nitrogens with two attached hydrogens (primary N) is 1. The van der Waals surface area contributed by atoms with Crippen LogP contribution in [-0.4, -0.2) is 54.1 Å². The molecular weight excluding hydrogens is 186 g/mol. The Morgan fingerprint density at radius 2 is 1.87 bits per heavy atom. The lowest BCUT2D eigenvalue weighted by Gasteiger charge is -2.39. The normalized spacial score (nSPS) is 34.4. The second-order valence-electron chi connectivity index (χ2n) is 5.80. The standard InChI is InChI=1S/C12H25N3/c1-12(2,9-13)15-7-6-10-4-5-11(8-15)14(10)3/h10-11H,4-9,13H2,1-3H3. The minimum Gasteiger partial charge on any atom is -0.329 e. The summed E-state index contributed by atoms with van der Waals surface area (Å²) in [4.78, 5) is 5.18. The highest BCUT2D eigenvalue weighted by Gasteiger charge is 2.38.